The summed E-state index contributed by atoms with van der Waals surface area (Å²) in [7, 11) is 0. The molecule has 2 aliphatic rings. The Morgan fingerprint density at radius 2 is 1.96 bits per heavy atom. The zero-order valence-electron chi connectivity index (χ0n) is 13.8. The van der Waals surface area contributed by atoms with E-state index >= 15 is 0 Å². The molecule has 3 heteroatoms. The third kappa shape index (κ3) is 2.73. The number of carbonyl (C=O) groups excluding carboxylic acids is 2. The summed E-state index contributed by atoms with van der Waals surface area (Å²) in [6.07, 6.45) is 10.7. The summed E-state index contributed by atoms with van der Waals surface area (Å²) in [5.41, 5.74) is -1.12. The van der Waals surface area contributed by atoms with E-state index in [-0.39, 0.29) is 28.8 Å². The molecule has 2 rings (SSSR count). The summed E-state index contributed by atoms with van der Waals surface area (Å²) in [4.78, 5) is 26.0. The van der Waals surface area contributed by atoms with Crippen LogP contribution < -0.4 is 0 Å². The van der Waals surface area contributed by atoms with Crippen LogP contribution in [0.1, 0.15) is 39.0 Å². The van der Waals surface area contributed by atoms with Crippen molar-refractivity contribution < 1.29 is 9.59 Å². The van der Waals surface area contributed by atoms with Crippen molar-refractivity contribution >= 4 is 27.5 Å². The Morgan fingerprint density at radius 1 is 1.26 bits per heavy atom. The Balaban J connectivity index is 2.59. The van der Waals surface area contributed by atoms with Gasteiger partial charge in [0.25, 0.3) is 0 Å². The summed E-state index contributed by atoms with van der Waals surface area (Å²) in [5.74, 6) is -0.0411. The third-order valence-corrected chi connectivity index (χ3v) is 6.46. The highest BCUT2D eigenvalue weighted by Crippen LogP contribution is 2.60. The second kappa shape index (κ2) is 6.72. The number of ketones is 2. The van der Waals surface area contributed by atoms with Gasteiger partial charge in [-0.05, 0) is 49.5 Å². The first-order chi connectivity index (χ1) is 10.9. The van der Waals surface area contributed by atoms with Gasteiger partial charge in [0.15, 0.2) is 11.6 Å². The van der Waals surface area contributed by atoms with Crippen LogP contribution >= 0.6 is 15.9 Å². The number of halogens is 1. The average Bonchev–Trinajstić information content (AvgIpc) is 2.49. The molecule has 0 heterocycles. The van der Waals surface area contributed by atoms with E-state index in [2.05, 4.69) is 42.6 Å². The van der Waals surface area contributed by atoms with E-state index in [0.29, 0.717) is 12.8 Å². The maximum atomic E-state index is 13.3. The quantitative estimate of drug-likeness (QED) is 0.453. The lowest BCUT2D eigenvalue weighted by Gasteiger charge is -2.54. The normalized spacial score (nSPS) is 36.3. The summed E-state index contributed by atoms with van der Waals surface area (Å²) in [5, 5.41) is 0. The molecule has 0 aliphatic heterocycles. The molecule has 0 saturated heterocycles. The van der Waals surface area contributed by atoms with E-state index in [1.807, 2.05) is 12.2 Å². The van der Waals surface area contributed by atoms with Crippen LogP contribution in [0.15, 0.2) is 48.5 Å². The second-order valence-corrected chi connectivity index (χ2v) is 7.94. The number of Topliss-reactive ketones (excluding diaryl/α,β-unsaturated/α-hetero) is 1. The van der Waals surface area contributed by atoms with Gasteiger partial charge in [-0.2, -0.15) is 0 Å². The number of hydrogen-bond donors (Lipinski definition) is 0. The Kier molecular flexibility index (Phi) is 5.30. The van der Waals surface area contributed by atoms with E-state index in [9.17, 15) is 9.59 Å². The first-order valence-electron chi connectivity index (χ1n) is 8.16. The van der Waals surface area contributed by atoms with Gasteiger partial charge in [0.1, 0.15) is 0 Å². The van der Waals surface area contributed by atoms with Crippen molar-refractivity contribution in [3.05, 3.63) is 48.5 Å². The highest BCUT2D eigenvalue weighted by molar-refractivity contribution is 9.11. The molecule has 124 valence electrons. The standard InChI is InChI=1S/C20H25BrO2/c1-5-8-11-19(4)14(9-6-2)13-20(10-7-3)16(22)12-15(21)17(19)18(20)23/h5-7,12,14,17H,1-3,8-11,13H2,4H3/t14-,17-,19+,20+/m0/s1. The van der Waals surface area contributed by atoms with Crippen LogP contribution in [0.5, 0.6) is 0 Å². The molecule has 0 spiro atoms. The van der Waals surface area contributed by atoms with E-state index in [1.54, 1.807) is 12.2 Å². The first kappa shape index (κ1) is 18.1. The van der Waals surface area contributed by atoms with Gasteiger partial charge in [-0.25, -0.2) is 0 Å². The molecule has 0 N–H and O–H groups in total. The zero-order chi connectivity index (χ0) is 17.3. The monoisotopic (exact) mass is 376 g/mol. The Bertz CT molecular complexity index is 588. The van der Waals surface area contributed by atoms with Crippen molar-refractivity contribution in [2.45, 2.75) is 39.0 Å². The fourth-order valence-corrected chi connectivity index (χ4v) is 5.36. The van der Waals surface area contributed by atoms with Crippen molar-refractivity contribution in [2.75, 3.05) is 0 Å². The molecule has 0 aromatic heterocycles. The first-order valence-corrected chi connectivity index (χ1v) is 8.95. The molecule has 23 heavy (non-hydrogen) atoms. The van der Waals surface area contributed by atoms with Gasteiger partial charge in [0.05, 0.1) is 11.3 Å². The number of hydrogen-bond acceptors (Lipinski definition) is 2. The Morgan fingerprint density at radius 3 is 2.52 bits per heavy atom. The van der Waals surface area contributed by atoms with Crippen molar-refractivity contribution in [3.63, 3.8) is 0 Å². The van der Waals surface area contributed by atoms with Gasteiger partial charge in [-0.1, -0.05) is 41.1 Å². The lowest BCUT2D eigenvalue weighted by atomic mass is 9.47. The third-order valence-electron chi connectivity index (χ3n) is 5.77. The maximum absolute atomic E-state index is 13.3. The average molecular weight is 377 g/mol. The minimum Gasteiger partial charge on any atom is -0.298 e. The molecule has 0 aromatic carbocycles. The molecule has 2 aliphatic carbocycles. The van der Waals surface area contributed by atoms with Crippen molar-refractivity contribution in [3.8, 4) is 0 Å². The van der Waals surface area contributed by atoms with E-state index in [0.717, 1.165) is 23.7 Å². The lowest BCUT2D eigenvalue weighted by molar-refractivity contribution is -0.154. The topological polar surface area (TPSA) is 34.1 Å². The summed E-state index contributed by atoms with van der Waals surface area (Å²) in [6.45, 7) is 13.7. The fourth-order valence-electron chi connectivity index (χ4n) is 4.42. The zero-order valence-corrected chi connectivity index (χ0v) is 15.4. The number of fused-ring (bicyclic) bond motifs is 2. The van der Waals surface area contributed by atoms with Crippen LogP contribution in [0.4, 0.5) is 0 Å². The van der Waals surface area contributed by atoms with Crippen LogP contribution in [-0.2, 0) is 9.59 Å². The molecule has 1 fully saturated rings. The van der Waals surface area contributed by atoms with Crippen LogP contribution in [0.25, 0.3) is 0 Å². The van der Waals surface area contributed by atoms with Gasteiger partial charge < -0.3 is 0 Å². The molecule has 0 unspecified atom stereocenters. The lowest BCUT2D eigenvalue weighted by Crippen LogP contribution is -2.58. The van der Waals surface area contributed by atoms with Crippen LogP contribution in [0.3, 0.4) is 0 Å². The smallest absolute Gasteiger partial charge is 0.170 e. The molecule has 0 aromatic rings. The molecule has 0 amide bonds. The summed E-state index contributed by atoms with van der Waals surface area (Å²) < 4.78 is 0.729. The van der Waals surface area contributed by atoms with Gasteiger partial charge in [-0.15, -0.1) is 19.7 Å². The highest BCUT2D eigenvalue weighted by atomic mass is 79.9. The van der Waals surface area contributed by atoms with Crippen LogP contribution in [-0.4, -0.2) is 11.6 Å². The van der Waals surface area contributed by atoms with Gasteiger partial charge in [0, 0.05) is 4.48 Å². The molecular weight excluding hydrogens is 352 g/mol. The number of allylic oxidation sites excluding steroid dienone is 5. The molecular formula is C20H25BrO2. The van der Waals surface area contributed by atoms with Gasteiger partial charge in [-0.3, -0.25) is 9.59 Å². The van der Waals surface area contributed by atoms with Crippen molar-refractivity contribution in [1.82, 2.24) is 0 Å². The van der Waals surface area contributed by atoms with Crippen LogP contribution in [0.2, 0.25) is 0 Å². The SMILES string of the molecule is C=CCC[C@]1(C)[C@@H](CC=C)C[C@]2(CC=C)C(=O)C=C(Br)[C@H]1C2=O. The van der Waals surface area contributed by atoms with E-state index in [4.69, 9.17) is 0 Å². The minimum absolute atomic E-state index is 0.0589. The number of carbonyl (C=O) groups is 2. The predicted molar refractivity (Wildman–Crippen MR) is 98.2 cm³/mol. The van der Waals surface area contributed by atoms with Gasteiger partial charge >= 0.3 is 0 Å². The van der Waals surface area contributed by atoms with Crippen molar-refractivity contribution in [2.24, 2.45) is 22.7 Å². The minimum atomic E-state index is -0.926. The molecule has 4 atom stereocenters. The second-order valence-electron chi connectivity index (χ2n) is 7.02. The van der Waals surface area contributed by atoms with Crippen LogP contribution in [0, 0.1) is 22.7 Å². The molecule has 0 radical (unpaired) electrons. The fraction of sp³-hybridized carbons (Fsp3) is 0.500. The van der Waals surface area contributed by atoms with E-state index in [1.165, 1.54) is 0 Å². The Hall–Kier alpha value is -1.22. The highest BCUT2D eigenvalue weighted by Gasteiger charge is 2.62. The van der Waals surface area contributed by atoms with Crippen molar-refractivity contribution in [1.29, 1.82) is 0 Å². The van der Waals surface area contributed by atoms with Gasteiger partial charge in [0.2, 0.25) is 0 Å². The molecule has 2 nitrogen and oxygen atoms in total. The molecule has 1 saturated carbocycles. The maximum Gasteiger partial charge on any atom is 0.170 e. The summed E-state index contributed by atoms with van der Waals surface area (Å²) in [6, 6.07) is 0. The summed E-state index contributed by atoms with van der Waals surface area (Å²) >= 11 is 3.52. The number of rotatable bonds is 7. The Labute approximate surface area is 147 Å². The largest absolute Gasteiger partial charge is 0.298 e. The van der Waals surface area contributed by atoms with E-state index < -0.39 is 5.41 Å². The predicted octanol–water partition coefficient (Wildman–Crippen LogP) is 5.16. The molecule has 2 bridgehead atoms.